The van der Waals surface area contributed by atoms with Crippen LogP contribution in [0.5, 0.6) is 0 Å². The molecular formula is C13H13ClF3NO3S. The molecule has 0 spiro atoms. The van der Waals surface area contributed by atoms with Gasteiger partial charge in [-0.3, -0.25) is 0 Å². The van der Waals surface area contributed by atoms with Gasteiger partial charge in [-0.1, -0.05) is 11.6 Å². The minimum absolute atomic E-state index is 0.263. The third-order valence-electron chi connectivity index (χ3n) is 3.40. The molecular weight excluding hydrogens is 343 g/mol. The maximum absolute atomic E-state index is 12.8. The number of alkyl halides is 3. The molecule has 0 aliphatic carbocycles. The van der Waals surface area contributed by atoms with Crippen LogP contribution in [-0.2, 0) is 22.1 Å². The molecule has 9 heteroatoms. The van der Waals surface area contributed by atoms with Crippen LogP contribution in [-0.4, -0.2) is 39.7 Å². The molecule has 2 unspecified atom stereocenters. The molecule has 1 aliphatic heterocycles. The zero-order valence-corrected chi connectivity index (χ0v) is 12.8. The quantitative estimate of drug-likeness (QED) is 0.844. The fourth-order valence-electron chi connectivity index (χ4n) is 2.34. The topological polar surface area (TPSA) is 63.6 Å². The summed E-state index contributed by atoms with van der Waals surface area (Å²) in [5.74, 6) is -1.60. The highest BCUT2D eigenvalue weighted by Crippen LogP contribution is 2.37. The van der Waals surface area contributed by atoms with Crippen molar-refractivity contribution in [3.63, 3.8) is 0 Å². The van der Waals surface area contributed by atoms with Crippen LogP contribution in [0.2, 0.25) is 5.02 Å². The van der Waals surface area contributed by atoms with Gasteiger partial charge in [0.25, 0.3) is 0 Å². The van der Waals surface area contributed by atoms with E-state index in [1.165, 1.54) is 12.1 Å². The van der Waals surface area contributed by atoms with Crippen LogP contribution in [0.15, 0.2) is 18.2 Å². The summed E-state index contributed by atoms with van der Waals surface area (Å²) in [7, 11) is 0. The molecule has 122 valence electrons. The Balaban J connectivity index is 2.12. The first kappa shape index (κ1) is 17.2. The van der Waals surface area contributed by atoms with Gasteiger partial charge in [-0.2, -0.15) is 13.2 Å². The lowest BCUT2D eigenvalue weighted by Gasteiger charge is -2.21. The average Bonchev–Trinajstić information content (AvgIpc) is 2.86. The summed E-state index contributed by atoms with van der Waals surface area (Å²) >= 11 is 4.04. The van der Waals surface area contributed by atoms with E-state index in [9.17, 15) is 22.5 Å². The van der Waals surface area contributed by atoms with E-state index in [4.69, 9.17) is 16.7 Å². The maximum atomic E-state index is 12.8. The molecule has 1 heterocycles. The Labute approximate surface area is 133 Å². The SMILES string of the molecule is O=C(O)C[S+]([O-])C1CCN(c2ccc(Cl)c(C(F)(F)F)c2)C1. The number of benzene rings is 1. The van der Waals surface area contributed by atoms with Crippen LogP contribution in [0.4, 0.5) is 18.9 Å². The van der Waals surface area contributed by atoms with Crippen LogP contribution >= 0.6 is 11.6 Å². The molecule has 0 bridgehead atoms. The molecule has 1 aromatic rings. The molecule has 4 nitrogen and oxygen atoms in total. The standard InChI is InChI=1S/C13H13ClF3NO3S/c14-11-2-1-8(5-10(11)13(15,16)17)18-4-3-9(6-18)22(21)7-12(19)20/h1-2,5,9H,3-4,6-7H2,(H,19,20). The van der Waals surface area contributed by atoms with Crippen molar-refractivity contribution in [2.45, 2.75) is 17.8 Å². The molecule has 1 aromatic carbocycles. The van der Waals surface area contributed by atoms with Crippen molar-refractivity contribution in [3.8, 4) is 0 Å². The number of nitrogens with zero attached hydrogens (tertiary/aromatic N) is 1. The Bertz CT molecular complexity index is 570. The van der Waals surface area contributed by atoms with Gasteiger partial charge in [0.2, 0.25) is 5.75 Å². The van der Waals surface area contributed by atoms with Gasteiger partial charge in [-0.05, 0) is 29.4 Å². The van der Waals surface area contributed by atoms with Gasteiger partial charge in [0.05, 0.1) is 17.1 Å². The molecule has 2 atom stereocenters. The number of carboxylic acid groups (broad SMARTS) is 1. The van der Waals surface area contributed by atoms with E-state index in [1.807, 2.05) is 0 Å². The second kappa shape index (κ2) is 6.55. The van der Waals surface area contributed by atoms with Crippen molar-refractivity contribution < 1.29 is 27.6 Å². The third kappa shape index (κ3) is 3.99. The molecule has 0 amide bonds. The Morgan fingerprint density at radius 1 is 1.50 bits per heavy atom. The van der Waals surface area contributed by atoms with E-state index < -0.39 is 34.6 Å². The van der Waals surface area contributed by atoms with Gasteiger partial charge in [0.1, 0.15) is 5.25 Å². The molecule has 1 aliphatic rings. The number of hydrogen-bond acceptors (Lipinski definition) is 3. The summed E-state index contributed by atoms with van der Waals surface area (Å²) in [6.07, 6.45) is -4.07. The van der Waals surface area contributed by atoms with E-state index in [0.29, 0.717) is 18.7 Å². The fourth-order valence-corrected chi connectivity index (χ4v) is 3.76. The highest BCUT2D eigenvalue weighted by molar-refractivity contribution is 7.92. The smallest absolute Gasteiger partial charge is 0.417 e. The zero-order valence-electron chi connectivity index (χ0n) is 11.3. The molecule has 2 rings (SSSR count). The van der Waals surface area contributed by atoms with Gasteiger partial charge < -0.3 is 14.6 Å². The number of aliphatic carboxylic acids is 1. The van der Waals surface area contributed by atoms with E-state index in [-0.39, 0.29) is 16.8 Å². The van der Waals surface area contributed by atoms with Crippen LogP contribution in [0.3, 0.4) is 0 Å². The van der Waals surface area contributed by atoms with Crippen molar-refractivity contribution in [2.75, 3.05) is 23.7 Å². The molecule has 22 heavy (non-hydrogen) atoms. The average molecular weight is 356 g/mol. The first-order valence-corrected chi connectivity index (χ1v) is 8.15. The Morgan fingerprint density at radius 3 is 2.77 bits per heavy atom. The predicted molar refractivity (Wildman–Crippen MR) is 77.7 cm³/mol. The number of carbonyl (C=O) groups is 1. The summed E-state index contributed by atoms with van der Waals surface area (Å²) in [6.45, 7) is 0.688. The normalized spacial score (nSPS) is 20.2. The summed E-state index contributed by atoms with van der Waals surface area (Å²) in [4.78, 5) is 12.2. The maximum Gasteiger partial charge on any atom is 0.417 e. The molecule has 0 saturated carbocycles. The van der Waals surface area contributed by atoms with Crippen molar-refractivity contribution in [1.82, 2.24) is 0 Å². The van der Waals surface area contributed by atoms with Crippen LogP contribution in [0.1, 0.15) is 12.0 Å². The Morgan fingerprint density at radius 2 is 2.18 bits per heavy atom. The van der Waals surface area contributed by atoms with Gasteiger partial charge in [0, 0.05) is 18.7 Å². The zero-order chi connectivity index (χ0) is 16.5. The second-order valence-electron chi connectivity index (χ2n) is 4.94. The van der Waals surface area contributed by atoms with Crippen molar-refractivity contribution in [3.05, 3.63) is 28.8 Å². The summed E-state index contributed by atoms with van der Waals surface area (Å²) in [5.41, 5.74) is -0.576. The first-order valence-electron chi connectivity index (χ1n) is 6.39. The first-order chi connectivity index (χ1) is 10.2. The lowest BCUT2D eigenvalue weighted by Crippen LogP contribution is -2.31. The van der Waals surface area contributed by atoms with Gasteiger partial charge in [-0.15, -0.1) is 0 Å². The van der Waals surface area contributed by atoms with Crippen molar-refractivity contribution >= 4 is 34.4 Å². The van der Waals surface area contributed by atoms with Gasteiger partial charge in [0.15, 0.2) is 0 Å². The minimum Gasteiger partial charge on any atom is -0.616 e. The summed E-state index contributed by atoms with van der Waals surface area (Å²) in [6, 6.07) is 3.62. The highest BCUT2D eigenvalue weighted by atomic mass is 35.5. The second-order valence-corrected chi connectivity index (χ2v) is 7.06. The van der Waals surface area contributed by atoms with Gasteiger partial charge in [-0.25, -0.2) is 4.79 Å². The number of anilines is 1. The highest BCUT2D eigenvalue weighted by Gasteiger charge is 2.36. The number of carboxylic acids is 1. The summed E-state index contributed by atoms with van der Waals surface area (Å²) < 4.78 is 50.4. The largest absolute Gasteiger partial charge is 0.616 e. The molecule has 1 N–H and O–H groups in total. The van der Waals surface area contributed by atoms with E-state index >= 15 is 0 Å². The Kier molecular flexibility index (Phi) is 5.14. The predicted octanol–water partition coefficient (Wildman–Crippen LogP) is 2.77. The van der Waals surface area contributed by atoms with E-state index in [2.05, 4.69) is 0 Å². The molecule has 1 saturated heterocycles. The third-order valence-corrected chi connectivity index (χ3v) is 5.39. The van der Waals surface area contributed by atoms with E-state index in [0.717, 1.165) is 6.07 Å². The van der Waals surface area contributed by atoms with Crippen LogP contribution < -0.4 is 4.90 Å². The molecule has 0 aromatic heterocycles. The summed E-state index contributed by atoms with van der Waals surface area (Å²) in [5, 5.41) is 7.90. The van der Waals surface area contributed by atoms with Crippen LogP contribution in [0, 0.1) is 0 Å². The van der Waals surface area contributed by atoms with Crippen molar-refractivity contribution in [2.24, 2.45) is 0 Å². The number of hydrogen-bond donors (Lipinski definition) is 1. The number of halogens is 4. The monoisotopic (exact) mass is 355 g/mol. The number of rotatable bonds is 4. The molecule has 0 radical (unpaired) electrons. The van der Waals surface area contributed by atoms with Crippen LogP contribution in [0.25, 0.3) is 0 Å². The van der Waals surface area contributed by atoms with Crippen molar-refractivity contribution in [1.29, 1.82) is 0 Å². The Hall–Kier alpha value is -1.12. The lowest BCUT2D eigenvalue weighted by molar-refractivity contribution is -0.137. The van der Waals surface area contributed by atoms with E-state index in [1.54, 1.807) is 4.90 Å². The minimum atomic E-state index is -4.54. The van der Waals surface area contributed by atoms with Gasteiger partial charge >= 0.3 is 12.1 Å². The molecule has 1 fully saturated rings. The fraction of sp³-hybridized carbons (Fsp3) is 0.462. The lowest BCUT2D eigenvalue weighted by atomic mass is 10.2.